The van der Waals surface area contributed by atoms with Crippen LogP contribution in [0.1, 0.15) is 26.3 Å². The van der Waals surface area contributed by atoms with Crippen molar-refractivity contribution >= 4 is 12.2 Å². The molecular formula is C14H21NO5. The van der Waals surface area contributed by atoms with Gasteiger partial charge in [-0.05, 0) is 38.0 Å². The average Bonchev–Trinajstić information content (AvgIpc) is 2.40. The quantitative estimate of drug-likeness (QED) is 0.678. The third-order valence-corrected chi connectivity index (χ3v) is 2.08. The van der Waals surface area contributed by atoms with E-state index in [1.54, 1.807) is 26.0 Å². The van der Waals surface area contributed by atoms with Crippen molar-refractivity contribution in [2.45, 2.75) is 27.2 Å². The zero-order valence-electron chi connectivity index (χ0n) is 12.0. The summed E-state index contributed by atoms with van der Waals surface area (Å²) in [4.78, 5) is 20.5. The van der Waals surface area contributed by atoms with Gasteiger partial charge in [0.25, 0.3) is 0 Å². The Hall–Kier alpha value is -2.24. The fourth-order valence-electron chi connectivity index (χ4n) is 1.18. The summed E-state index contributed by atoms with van der Waals surface area (Å²) >= 11 is 0. The van der Waals surface area contributed by atoms with Crippen molar-refractivity contribution in [1.82, 2.24) is 0 Å². The van der Waals surface area contributed by atoms with E-state index >= 15 is 0 Å². The third kappa shape index (κ3) is 8.79. The van der Waals surface area contributed by atoms with Crippen molar-refractivity contribution < 1.29 is 23.8 Å². The van der Waals surface area contributed by atoms with Gasteiger partial charge >= 0.3 is 12.2 Å². The normalized spacial score (nSPS) is 8.95. The highest BCUT2D eigenvalue weighted by Crippen LogP contribution is 2.12. The van der Waals surface area contributed by atoms with Crippen LogP contribution in [0.5, 0.6) is 5.75 Å². The molecule has 6 nitrogen and oxygen atoms in total. The van der Waals surface area contributed by atoms with Crippen molar-refractivity contribution in [3.05, 3.63) is 29.8 Å². The molecule has 1 aromatic carbocycles. The summed E-state index contributed by atoms with van der Waals surface area (Å²) in [5.41, 5.74) is 5.75. The summed E-state index contributed by atoms with van der Waals surface area (Å²) in [7, 11) is 0. The Labute approximate surface area is 118 Å². The van der Waals surface area contributed by atoms with Crippen LogP contribution in [0, 0.1) is 0 Å². The highest BCUT2D eigenvalue weighted by molar-refractivity contribution is 5.64. The molecule has 0 unspecified atom stereocenters. The van der Waals surface area contributed by atoms with Crippen LogP contribution in [0.15, 0.2) is 24.3 Å². The first-order chi connectivity index (χ1) is 9.53. The van der Waals surface area contributed by atoms with Gasteiger partial charge in [0.15, 0.2) is 0 Å². The zero-order chi connectivity index (χ0) is 15.4. The first-order valence-electron chi connectivity index (χ1n) is 6.39. The lowest BCUT2D eigenvalue weighted by Gasteiger charge is -2.04. The standard InChI is InChI=1S/C11H14O3.C3H7NO2/c1-3-9-5-7-10(8-6-9)14-11(12)13-4-2;1-2-6-3(4)5/h5-8H,3-4H2,1-2H3;2H2,1H3,(H2,4,5). The Morgan fingerprint density at radius 3 is 1.90 bits per heavy atom. The minimum atomic E-state index is -0.711. The van der Waals surface area contributed by atoms with E-state index in [0.717, 1.165) is 6.42 Å². The Bertz CT molecular complexity index is 403. The van der Waals surface area contributed by atoms with Gasteiger partial charge in [-0.2, -0.15) is 0 Å². The molecule has 0 aliphatic heterocycles. The summed E-state index contributed by atoms with van der Waals surface area (Å²) in [5, 5.41) is 0. The number of carbonyl (C=O) groups is 2. The number of hydrogen-bond donors (Lipinski definition) is 1. The number of benzene rings is 1. The molecule has 1 aromatic rings. The maximum atomic E-state index is 10.9. The van der Waals surface area contributed by atoms with Crippen LogP contribution in [0.25, 0.3) is 0 Å². The molecule has 20 heavy (non-hydrogen) atoms. The molecule has 0 bridgehead atoms. The second-order valence-electron chi connectivity index (χ2n) is 3.53. The molecule has 0 radical (unpaired) electrons. The van der Waals surface area contributed by atoms with Gasteiger partial charge < -0.3 is 19.9 Å². The maximum absolute atomic E-state index is 10.9. The van der Waals surface area contributed by atoms with Gasteiger partial charge in [-0.1, -0.05) is 19.1 Å². The highest BCUT2D eigenvalue weighted by Gasteiger charge is 2.03. The topological polar surface area (TPSA) is 87.8 Å². The van der Waals surface area contributed by atoms with E-state index in [0.29, 0.717) is 19.0 Å². The largest absolute Gasteiger partial charge is 0.513 e. The van der Waals surface area contributed by atoms with E-state index in [4.69, 9.17) is 4.74 Å². The van der Waals surface area contributed by atoms with E-state index < -0.39 is 12.2 Å². The van der Waals surface area contributed by atoms with Crippen molar-refractivity contribution in [1.29, 1.82) is 0 Å². The zero-order valence-corrected chi connectivity index (χ0v) is 12.0. The van der Waals surface area contributed by atoms with Gasteiger partial charge in [-0.25, -0.2) is 9.59 Å². The monoisotopic (exact) mass is 283 g/mol. The van der Waals surface area contributed by atoms with Crippen molar-refractivity contribution in [3.63, 3.8) is 0 Å². The van der Waals surface area contributed by atoms with Crippen LogP contribution in [0.3, 0.4) is 0 Å². The Morgan fingerprint density at radius 1 is 1.00 bits per heavy atom. The van der Waals surface area contributed by atoms with Gasteiger partial charge in [-0.15, -0.1) is 0 Å². The Morgan fingerprint density at radius 2 is 1.55 bits per heavy atom. The summed E-state index contributed by atoms with van der Waals surface area (Å²) in [6.45, 7) is 6.19. The summed E-state index contributed by atoms with van der Waals surface area (Å²) < 4.78 is 13.7. The van der Waals surface area contributed by atoms with Gasteiger partial charge in [-0.3, -0.25) is 0 Å². The second-order valence-corrected chi connectivity index (χ2v) is 3.53. The molecule has 1 amide bonds. The molecular weight excluding hydrogens is 262 g/mol. The number of carbonyl (C=O) groups excluding carboxylic acids is 2. The third-order valence-electron chi connectivity index (χ3n) is 2.08. The highest BCUT2D eigenvalue weighted by atomic mass is 16.7. The van der Waals surface area contributed by atoms with Gasteiger partial charge in [0.1, 0.15) is 5.75 Å². The predicted octanol–water partition coefficient (Wildman–Crippen LogP) is 2.89. The van der Waals surface area contributed by atoms with E-state index in [9.17, 15) is 9.59 Å². The van der Waals surface area contributed by atoms with Crippen LogP contribution in [0.2, 0.25) is 0 Å². The van der Waals surface area contributed by atoms with Crippen LogP contribution in [-0.4, -0.2) is 25.5 Å². The minimum Gasteiger partial charge on any atom is -0.450 e. The summed E-state index contributed by atoms with van der Waals surface area (Å²) in [6, 6.07) is 7.37. The number of hydrogen-bond acceptors (Lipinski definition) is 5. The van der Waals surface area contributed by atoms with E-state index in [-0.39, 0.29) is 0 Å². The Kier molecular flexibility index (Phi) is 9.47. The molecule has 0 saturated carbocycles. The van der Waals surface area contributed by atoms with Crippen molar-refractivity contribution in [3.8, 4) is 5.75 Å². The molecule has 0 fully saturated rings. The van der Waals surface area contributed by atoms with Crippen molar-refractivity contribution in [2.75, 3.05) is 13.2 Å². The Balaban J connectivity index is 0.000000511. The first-order valence-corrected chi connectivity index (χ1v) is 6.39. The molecule has 0 atom stereocenters. The number of rotatable bonds is 4. The lowest BCUT2D eigenvalue weighted by Crippen LogP contribution is -2.11. The SMILES string of the molecule is CCOC(=O)Oc1ccc(CC)cc1.CCOC(N)=O. The molecule has 6 heteroatoms. The average molecular weight is 283 g/mol. The molecule has 2 N–H and O–H groups in total. The molecule has 0 aliphatic carbocycles. The summed E-state index contributed by atoms with van der Waals surface area (Å²) in [6.07, 6.45) is -0.395. The lowest BCUT2D eigenvalue weighted by molar-refractivity contribution is 0.104. The maximum Gasteiger partial charge on any atom is 0.513 e. The molecule has 0 saturated heterocycles. The number of nitrogens with two attached hydrogens (primary N) is 1. The predicted molar refractivity (Wildman–Crippen MR) is 74.7 cm³/mol. The molecule has 0 aromatic heterocycles. The number of primary amides is 1. The molecule has 0 spiro atoms. The van der Waals surface area contributed by atoms with E-state index in [1.165, 1.54) is 5.56 Å². The minimum absolute atomic E-state index is 0.325. The second kappa shape index (κ2) is 10.7. The number of ether oxygens (including phenoxy) is 3. The van der Waals surface area contributed by atoms with Crippen LogP contribution >= 0.6 is 0 Å². The lowest BCUT2D eigenvalue weighted by atomic mass is 10.2. The molecule has 0 heterocycles. The fraction of sp³-hybridized carbons (Fsp3) is 0.429. The molecule has 1 rings (SSSR count). The first kappa shape index (κ1) is 17.8. The van der Waals surface area contributed by atoms with Gasteiger partial charge in [0.05, 0.1) is 13.2 Å². The fourth-order valence-corrected chi connectivity index (χ4v) is 1.18. The smallest absolute Gasteiger partial charge is 0.450 e. The molecule has 112 valence electrons. The summed E-state index contributed by atoms with van der Waals surface area (Å²) in [5.74, 6) is 0.514. The number of amides is 1. The van der Waals surface area contributed by atoms with Crippen molar-refractivity contribution in [2.24, 2.45) is 5.73 Å². The van der Waals surface area contributed by atoms with Crippen LogP contribution < -0.4 is 10.5 Å². The van der Waals surface area contributed by atoms with E-state index in [1.807, 2.05) is 12.1 Å². The van der Waals surface area contributed by atoms with Crippen LogP contribution in [0.4, 0.5) is 9.59 Å². The van der Waals surface area contributed by atoms with Crippen LogP contribution in [-0.2, 0) is 15.9 Å². The number of aryl methyl sites for hydroxylation is 1. The van der Waals surface area contributed by atoms with Gasteiger partial charge in [0, 0.05) is 0 Å². The van der Waals surface area contributed by atoms with Gasteiger partial charge in [0.2, 0.25) is 0 Å². The van der Waals surface area contributed by atoms with E-state index in [2.05, 4.69) is 22.1 Å². The molecule has 0 aliphatic rings.